The van der Waals surface area contributed by atoms with Gasteiger partial charge in [-0.3, -0.25) is 0 Å². The van der Waals surface area contributed by atoms with Gasteiger partial charge in [-0.25, -0.2) is 4.39 Å². The summed E-state index contributed by atoms with van der Waals surface area (Å²) in [6, 6.07) is 4.52. The van der Waals surface area contributed by atoms with Gasteiger partial charge >= 0.3 is 0 Å². The Bertz CT molecular complexity index is 412. The van der Waals surface area contributed by atoms with E-state index in [4.69, 9.17) is 10.9 Å². The second kappa shape index (κ2) is 6.56. The number of amidine groups is 1. The van der Waals surface area contributed by atoms with E-state index in [1.54, 1.807) is 6.07 Å². The Hall–Kier alpha value is -1.14. The first-order valence-electron chi connectivity index (χ1n) is 5.16. The van der Waals surface area contributed by atoms with Gasteiger partial charge in [-0.05, 0) is 23.8 Å². The average Bonchev–Trinajstić information content (AvgIpc) is 2.32. The summed E-state index contributed by atoms with van der Waals surface area (Å²) in [4.78, 5) is 0. The van der Waals surface area contributed by atoms with Gasteiger partial charge in [-0.2, -0.15) is 0 Å². The fourth-order valence-corrected chi connectivity index (χ4v) is 1.69. The summed E-state index contributed by atoms with van der Waals surface area (Å²) in [5.41, 5.74) is 6.27. The highest BCUT2D eigenvalue weighted by Gasteiger charge is 2.07. The van der Waals surface area contributed by atoms with Crippen LogP contribution in [0.2, 0.25) is 0 Å². The van der Waals surface area contributed by atoms with Gasteiger partial charge in [0, 0.05) is 23.5 Å². The summed E-state index contributed by atoms with van der Waals surface area (Å²) in [6.07, 6.45) is 0. The number of nitrogens with two attached hydrogens (primary N) is 1. The van der Waals surface area contributed by atoms with Gasteiger partial charge in [0.05, 0.1) is 0 Å². The van der Waals surface area contributed by atoms with E-state index in [2.05, 4.69) is 26.4 Å². The van der Waals surface area contributed by atoms with E-state index in [9.17, 15) is 4.39 Å². The lowest BCUT2D eigenvalue weighted by atomic mass is 10.1. The lowest BCUT2D eigenvalue weighted by Gasteiger charge is -2.11. The average molecular weight is 304 g/mol. The zero-order chi connectivity index (χ0) is 12.8. The van der Waals surface area contributed by atoms with E-state index < -0.39 is 0 Å². The molecule has 0 aliphatic heterocycles. The van der Waals surface area contributed by atoms with Crippen LogP contribution < -0.4 is 11.1 Å². The minimum Gasteiger partial charge on any atom is -0.409 e. The molecular formula is C11H15BrFN3O. The summed E-state index contributed by atoms with van der Waals surface area (Å²) >= 11 is 3.35. The number of oxime groups is 1. The standard InChI is InChI=1S/C11H15BrFN3O/c1-7(11(14)16-17)5-15-6-8-4-9(13)2-3-10(8)12/h2-4,7,15,17H,5-6H2,1H3,(H2,14,16). The molecule has 1 unspecified atom stereocenters. The minimum atomic E-state index is -0.269. The van der Waals surface area contributed by atoms with Crippen LogP contribution >= 0.6 is 15.9 Å². The Labute approximate surface area is 108 Å². The van der Waals surface area contributed by atoms with Crippen LogP contribution in [0.5, 0.6) is 0 Å². The maximum atomic E-state index is 13.0. The Morgan fingerprint density at radius 3 is 3.00 bits per heavy atom. The van der Waals surface area contributed by atoms with E-state index in [0.29, 0.717) is 13.1 Å². The summed E-state index contributed by atoms with van der Waals surface area (Å²) in [5.74, 6) is -0.169. The zero-order valence-electron chi connectivity index (χ0n) is 9.45. The third kappa shape index (κ3) is 4.32. The molecule has 94 valence electrons. The van der Waals surface area contributed by atoms with Crippen LogP contribution in [-0.2, 0) is 6.54 Å². The van der Waals surface area contributed by atoms with Crippen molar-refractivity contribution in [1.29, 1.82) is 0 Å². The molecule has 0 heterocycles. The molecule has 0 aliphatic carbocycles. The first kappa shape index (κ1) is 13.9. The van der Waals surface area contributed by atoms with Crippen molar-refractivity contribution in [3.05, 3.63) is 34.1 Å². The van der Waals surface area contributed by atoms with E-state index in [0.717, 1.165) is 10.0 Å². The van der Waals surface area contributed by atoms with Crippen molar-refractivity contribution < 1.29 is 9.60 Å². The van der Waals surface area contributed by atoms with Crippen LogP contribution in [0.15, 0.2) is 27.8 Å². The second-order valence-electron chi connectivity index (χ2n) is 3.79. The van der Waals surface area contributed by atoms with E-state index in [1.165, 1.54) is 12.1 Å². The topological polar surface area (TPSA) is 70.6 Å². The highest BCUT2D eigenvalue weighted by atomic mass is 79.9. The molecule has 1 atom stereocenters. The number of rotatable bonds is 5. The monoisotopic (exact) mass is 303 g/mol. The van der Waals surface area contributed by atoms with Crippen LogP contribution in [0.4, 0.5) is 4.39 Å². The maximum Gasteiger partial charge on any atom is 0.143 e. The molecule has 1 aromatic rings. The molecule has 0 aliphatic rings. The normalized spacial score (nSPS) is 13.7. The van der Waals surface area contributed by atoms with Crippen molar-refractivity contribution in [2.75, 3.05) is 6.54 Å². The first-order chi connectivity index (χ1) is 8.04. The third-order valence-electron chi connectivity index (χ3n) is 2.39. The Morgan fingerprint density at radius 2 is 2.35 bits per heavy atom. The van der Waals surface area contributed by atoms with Gasteiger partial charge in [-0.15, -0.1) is 0 Å². The molecule has 0 saturated carbocycles. The number of halogens is 2. The summed E-state index contributed by atoms with van der Waals surface area (Å²) in [5, 5.41) is 14.5. The predicted molar refractivity (Wildman–Crippen MR) is 68.4 cm³/mol. The van der Waals surface area contributed by atoms with E-state index in [1.807, 2.05) is 6.92 Å². The molecule has 0 bridgehead atoms. The van der Waals surface area contributed by atoms with Crippen molar-refractivity contribution in [3.63, 3.8) is 0 Å². The molecule has 0 aromatic heterocycles. The maximum absolute atomic E-state index is 13.0. The van der Waals surface area contributed by atoms with Crippen molar-refractivity contribution in [2.45, 2.75) is 13.5 Å². The van der Waals surface area contributed by atoms with E-state index in [-0.39, 0.29) is 17.6 Å². The van der Waals surface area contributed by atoms with Crippen molar-refractivity contribution in [1.82, 2.24) is 5.32 Å². The number of hydrogen-bond acceptors (Lipinski definition) is 3. The van der Waals surface area contributed by atoms with Crippen LogP contribution in [0.1, 0.15) is 12.5 Å². The molecule has 0 fully saturated rings. The molecule has 6 heteroatoms. The highest BCUT2D eigenvalue weighted by Crippen LogP contribution is 2.17. The SMILES string of the molecule is CC(CNCc1cc(F)ccc1Br)C(N)=NO. The van der Waals surface area contributed by atoms with Gasteiger partial charge in [0.25, 0.3) is 0 Å². The van der Waals surface area contributed by atoms with Gasteiger partial charge in [0.15, 0.2) is 0 Å². The molecule has 17 heavy (non-hydrogen) atoms. The molecule has 0 amide bonds. The lowest BCUT2D eigenvalue weighted by molar-refractivity contribution is 0.314. The smallest absolute Gasteiger partial charge is 0.143 e. The third-order valence-corrected chi connectivity index (χ3v) is 3.17. The Morgan fingerprint density at radius 1 is 1.65 bits per heavy atom. The largest absolute Gasteiger partial charge is 0.409 e. The second-order valence-corrected chi connectivity index (χ2v) is 4.65. The molecule has 0 saturated heterocycles. The number of hydrogen-bond donors (Lipinski definition) is 3. The summed E-state index contributed by atoms with van der Waals surface area (Å²) in [6.45, 7) is 2.91. The fraction of sp³-hybridized carbons (Fsp3) is 0.364. The van der Waals surface area contributed by atoms with Crippen molar-refractivity contribution in [2.24, 2.45) is 16.8 Å². The molecule has 0 radical (unpaired) electrons. The van der Waals surface area contributed by atoms with Gasteiger partial charge < -0.3 is 16.3 Å². The molecule has 4 nitrogen and oxygen atoms in total. The molecule has 1 rings (SSSR count). The van der Waals surface area contributed by atoms with Crippen molar-refractivity contribution >= 4 is 21.8 Å². The summed E-state index contributed by atoms with van der Waals surface area (Å²) < 4.78 is 13.8. The lowest BCUT2D eigenvalue weighted by Crippen LogP contribution is -2.31. The number of benzene rings is 1. The van der Waals surface area contributed by atoms with Gasteiger partial charge in [0.2, 0.25) is 0 Å². The molecule has 4 N–H and O–H groups in total. The minimum absolute atomic E-state index is 0.0765. The number of nitrogens with one attached hydrogen (secondary N) is 1. The van der Waals surface area contributed by atoms with E-state index >= 15 is 0 Å². The molecule has 1 aromatic carbocycles. The van der Waals surface area contributed by atoms with Gasteiger partial charge in [0.1, 0.15) is 11.7 Å². The Kier molecular flexibility index (Phi) is 5.37. The van der Waals surface area contributed by atoms with Crippen LogP contribution in [0.25, 0.3) is 0 Å². The quantitative estimate of drug-likeness (QED) is 0.337. The van der Waals surface area contributed by atoms with Crippen molar-refractivity contribution in [3.8, 4) is 0 Å². The van der Waals surface area contributed by atoms with Crippen LogP contribution in [-0.4, -0.2) is 17.6 Å². The van der Waals surface area contributed by atoms with Gasteiger partial charge in [-0.1, -0.05) is 28.0 Å². The number of nitrogens with zero attached hydrogens (tertiary/aromatic N) is 1. The highest BCUT2D eigenvalue weighted by molar-refractivity contribution is 9.10. The summed E-state index contributed by atoms with van der Waals surface area (Å²) in [7, 11) is 0. The first-order valence-corrected chi connectivity index (χ1v) is 5.96. The fourth-order valence-electron chi connectivity index (χ4n) is 1.31. The molecular weight excluding hydrogens is 289 g/mol. The van der Waals surface area contributed by atoms with Crippen LogP contribution in [0, 0.1) is 11.7 Å². The molecule has 0 spiro atoms. The predicted octanol–water partition coefficient (Wildman–Crippen LogP) is 2.06. The zero-order valence-corrected chi connectivity index (χ0v) is 11.0. The van der Waals surface area contributed by atoms with Crippen LogP contribution in [0.3, 0.4) is 0 Å². The Balaban J connectivity index is 2.48.